The molecule has 0 spiro atoms. The lowest BCUT2D eigenvalue weighted by molar-refractivity contribution is 0.182. The number of nitrogens with two attached hydrogens (primary N) is 1. The van der Waals surface area contributed by atoms with Gasteiger partial charge in [0.05, 0.1) is 47.1 Å². The third-order valence-corrected chi connectivity index (χ3v) is 3.49. The Labute approximate surface area is 125 Å². The Morgan fingerprint density at radius 3 is 2.80 bits per heavy atom. The first-order valence-electron chi connectivity index (χ1n) is 6.12. The summed E-state index contributed by atoms with van der Waals surface area (Å²) in [6.45, 7) is 3.09. The van der Waals surface area contributed by atoms with Crippen LogP contribution in [0.1, 0.15) is 23.1 Å². The number of ether oxygens (including phenoxy) is 1. The van der Waals surface area contributed by atoms with Crippen molar-refractivity contribution in [2.75, 3.05) is 13.7 Å². The lowest BCUT2D eigenvalue weighted by atomic mass is 10.1. The van der Waals surface area contributed by atoms with Crippen LogP contribution in [0.15, 0.2) is 23.1 Å². The molecule has 3 N–H and O–H groups in total. The fourth-order valence-corrected chi connectivity index (χ4v) is 2.40. The van der Waals surface area contributed by atoms with Crippen molar-refractivity contribution in [3.8, 4) is 0 Å². The van der Waals surface area contributed by atoms with Gasteiger partial charge in [-0.1, -0.05) is 0 Å². The molecule has 20 heavy (non-hydrogen) atoms. The van der Waals surface area contributed by atoms with E-state index in [9.17, 15) is 0 Å². The van der Waals surface area contributed by atoms with Crippen LogP contribution in [0.5, 0.6) is 0 Å². The fourth-order valence-electron chi connectivity index (χ4n) is 1.87. The second kappa shape index (κ2) is 6.89. The fraction of sp³-hybridized carbons (Fsp3) is 0.417. The minimum atomic E-state index is -0.295. The zero-order valence-corrected chi connectivity index (χ0v) is 13.0. The number of hydrogen-bond acceptors (Lipinski definition) is 6. The molecule has 108 valence electrons. The summed E-state index contributed by atoms with van der Waals surface area (Å²) in [7, 11) is 1.66. The minimum absolute atomic E-state index is 0.295. The van der Waals surface area contributed by atoms with E-state index in [0.717, 1.165) is 21.6 Å². The number of hydrogen-bond donors (Lipinski definition) is 2. The van der Waals surface area contributed by atoms with E-state index < -0.39 is 0 Å². The lowest BCUT2D eigenvalue weighted by Gasteiger charge is -2.17. The van der Waals surface area contributed by atoms with Crippen LogP contribution in [-0.4, -0.2) is 33.5 Å². The van der Waals surface area contributed by atoms with Crippen LogP contribution in [-0.2, 0) is 11.3 Å². The smallest absolute Gasteiger partial charge is 0.108 e. The highest BCUT2D eigenvalue weighted by atomic mass is 79.9. The maximum Gasteiger partial charge on any atom is 0.108 e. The van der Waals surface area contributed by atoms with Crippen molar-refractivity contribution in [1.82, 2.24) is 25.2 Å². The average molecular weight is 341 g/mol. The van der Waals surface area contributed by atoms with E-state index in [-0.39, 0.29) is 6.04 Å². The second-order valence-corrected chi connectivity index (χ2v) is 5.13. The molecule has 0 aromatic carbocycles. The SMILES string of the molecule is COCCn1ncc(Br)c1C(NN)c1cnc(C)cn1. The maximum atomic E-state index is 5.69. The van der Waals surface area contributed by atoms with Gasteiger partial charge in [-0.2, -0.15) is 5.10 Å². The molecule has 1 unspecified atom stereocenters. The first-order valence-corrected chi connectivity index (χ1v) is 6.91. The van der Waals surface area contributed by atoms with Gasteiger partial charge in [-0.05, 0) is 22.9 Å². The summed E-state index contributed by atoms with van der Waals surface area (Å²) < 4.78 is 7.78. The number of aromatic nitrogens is 4. The van der Waals surface area contributed by atoms with Gasteiger partial charge < -0.3 is 4.74 Å². The largest absolute Gasteiger partial charge is 0.383 e. The Kier molecular flexibility index (Phi) is 5.18. The van der Waals surface area contributed by atoms with Crippen molar-refractivity contribution in [1.29, 1.82) is 0 Å². The standard InChI is InChI=1S/C12H17BrN6O/c1-8-5-16-10(7-15-8)11(18-14)12-9(13)6-17-19(12)3-4-20-2/h5-7,11,18H,3-4,14H2,1-2H3. The molecular formula is C12H17BrN6O. The Hall–Kier alpha value is -1.35. The summed E-state index contributed by atoms with van der Waals surface area (Å²) in [6.07, 6.45) is 5.15. The molecule has 0 fully saturated rings. The molecule has 0 aliphatic heterocycles. The molecular weight excluding hydrogens is 324 g/mol. The number of rotatable bonds is 6. The number of aryl methyl sites for hydroxylation is 1. The Balaban J connectivity index is 2.35. The predicted molar refractivity (Wildman–Crippen MR) is 77.7 cm³/mol. The molecule has 0 radical (unpaired) electrons. The highest BCUT2D eigenvalue weighted by Gasteiger charge is 2.22. The molecule has 8 heteroatoms. The summed E-state index contributed by atoms with van der Waals surface area (Å²) in [4.78, 5) is 8.62. The Bertz CT molecular complexity index is 556. The summed E-state index contributed by atoms with van der Waals surface area (Å²) in [5, 5.41) is 4.31. The summed E-state index contributed by atoms with van der Waals surface area (Å²) in [5.41, 5.74) is 5.25. The van der Waals surface area contributed by atoms with E-state index in [1.54, 1.807) is 25.7 Å². The molecule has 0 aliphatic rings. The topological polar surface area (TPSA) is 90.9 Å². The zero-order chi connectivity index (χ0) is 14.5. The van der Waals surface area contributed by atoms with E-state index in [2.05, 4.69) is 36.4 Å². The van der Waals surface area contributed by atoms with Crippen molar-refractivity contribution in [3.05, 3.63) is 40.1 Å². The normalized spacial score (nSPS) is 12.6. The number of halogens is 1. The third-order valence-electron chi connectivity index (χ3n) is 2.88. The number of nitrogens with zero attached hydrogens (tertiary/aromatic N) is 4. The average Bonchev–Trinajstić information content (AvgIpc) is 2.81. The molecule has 0 bridgehead atoms. The zero-order valence-electron chi connectivity index (χ0n) is 11.4. The second-order valence-electron chi connectivity index (χ2n) is 4.28. The molecule has 2 aromatic rings. The van der Waals surface area contributed by atoms with E-state index in [4.69, 9.17) is 10.6 Å². The van der Waals surface area contributed by atoms with E-state index in [1.165, 1.54) is 0 Å². The first-order chi connectivity index (χ1) is 9.67. The van der Waals surface area contributed by atoms with Crippen molar-refractivity contribution in [3.63, 3.8) is 0 Å². The number of nitrogens with one attached hydrogen (secondary N) is 1. The van der Waals surface area contributed by atoms with Gasteiger partial charge in [0.15, 0.2) is 0 Å². The third kappa shape index (κ3) is 3.21. The number of methoxy groups -OCH3 is 1. The van der Waals surface area contributed by atoms with Crippen LogP contribution in [0, 0.1) is 6.92 Å². The lowest BCUT2D eigenvalue weighted by Crippen LogP contribution is -2.32. The van der Waals surface area contributed by atoms with Gasteiger partial charge in [-0.3, -0.25) is 20.5 Å². The quantitative estimate of drug-likeness (QED) is 0.600. The monoisotopic (exact) mass is 340 g/mol. The van der Waals surface area contributed by atoms with E-state index in [0.29, 0.717) is 13.2 Å². The van der Waals surface area contributed by atoms with Gasteiger partial charge in [-0.15, -0.1) is 0 Å². The molecule has 0 saturated carbocycles. The predicted octanol–water partition coefficient (Wildman–Crippen LogP) is 0.943. The maximum absolute atomic E-state index is 5.69. The van der Waals surface area contributed by atoms with Crippen molar-refractivity contribution < 1.29 is 4.74 Å². The Morgan fingerprint density at radius 2 is 2.20 bits per heavy atom. The van der Waals surface area contributed by atoms with Gasteiger partial charge in [-0.25, -0.2) is 5.43 Å². The molecule has 2 aromatic heterocycles. The van der Waals surface area contributed by atoms with Crippen molar-refractivity contribution >= 4 is 15.9 Å². The van der Waals surface area contributed by atoms with Crippen LogP contribution >= 0.6 is 15.9 Å². The van der Waals surface area contributed by atoms with Gasteiger partial charge in [0.1, 0.15) is 6.04 Å². The molecule has 0 amide bonds. The highest BCUT2D eigenvalue weighted by molar-refractivity contribution is 9.10. The molecule has 2 heterocycles. The van der Waals surface area contributed by atoms with Crippen LogP contribution in [0.2, 0.25) is 0 Å². The van der Waals surface area contributed by atoms with Crippen molar-refractivity contribution in [2.24, 2.45) is 5.84 Å². The molecule has 2 rings (SSSR count). The van der Waals surface area contributed by atoms with Crippen molar-refractivity contribution in [2.45, 2.75) is 19.5 Å². The van der Waals surface area contributed by atoms with Gasteiger partial charge in [0, 0.05) is 13.3 Å². The minimum Gasteiger partial charge on any atom is -0.383 e. The number of hydrazine groups is 1. The van der Waals surface area contributed by atoms with Crippen LogP contribution in [0.25, 0.3) is 0 Å². The summed E-state index contributed by atoms with van der Waals surface area (Å²) in [6, 6.07) is -0.295. The van der Waals surface area contributed by atoms with Crippen LogP contribution < -0.4 is 11.3 Å². The highest BCUT2D eigenvalue weighted by Crippen LogP contribution is 2.26. The van der Waals surface area contributed by atoms with Crippen LogP contribution in [0.4, 0.5) is 0 Å². The molecule has 7 nitrogen and oxygen atoms in total. The Morgan fingerprint density at radius 1 is 1.40 bits per heavy atom. The van der Waals surface area contributed by atoms with Gasteiger partial charge in [0.25, 0.3) is 0 Å². The van der Waals surface area contributed by atoms with Gasteiger partial charge in [0.2, 0.25) is 0 Å². The van der Waals surface area contributed by atoms with Crippen LogP contribution in [0.3, 0.4) is 0 Å². The van der Waals surface area contributed by atoms with E-state index in [1.807, 2.05) is 11.6 Å². The van der Waals surface area contributed by atoms with Gasteiger partial charge >= 0.3 is 0 Å². The molecule has 0 aliphatic carbocycles. The first kappa shape index (κ1) is 15.0. The molecule has 1 atom stereocenters. The summed E-state index contributed by atoms with van der Waals surface area (Å²) in [5.74, 6) is 5.69. The summed E-state index contributed by atoms with van der Waals surface area (Å²) >= 11 is 3.49. The molecule has 0 saturated heterocycles. The van der Waals surface area contributed by atoms with E-state index >= 15 is 0 Å².